The molecule has 0 spiro atoms. The van der Waals surface area contributed by atoms with Crippen LogP contribution in [0.4, 0.5) is 5.69 Å². The van der Waals surface area contributed by atoms with Gasteiger partial charge in [-0.15, -0.1) is 0 Å². The molecule has 26 heavy (non-hydrogen) atoms. The molecule has 1 aromatic rings. The number of nitrogen functional groups attached to an aromatic ring is 1. The summed E-state index contributed by atoms with van der Waals surface area (Å²) in [5.74, 6) is -2.15. The lowest BCUT2D eigenvalue weighted by Gasteiger charge is -2.27. The van der Waals surface area contributed by atoms with Gasteiger partial charge in [0.05, 0.1) is 11.1 Å². The van der Waals surface area contributed by atoms with Crippen LogP contribution in [0.3, 0.4) is 0 Å². The maximum atomic E-state index is 12.4. The summed E-state index contributed by atoms with van der Waals surface area (Å²) < 4.78 is 0. The number of nitrogens with zero attached hydrogens (tertiary/aromatic N) is 1. The number of unbranched alkanes of at least 4 members (excludes halogenated alkanes) is 2. The summed E-state index contributed by atoms with van der Waals surface area (Å²) in [7, 11) is 0. The topological polar surface area (TPSA) is 110 Å². The van der Waals surface area contributed by atoms with E-state index in [0.717, 1.165) is 10.5 Å². The van der Waals surface area contributed by atoms with Gasteiger partial charge in [-0.05, 0) is 31.0 Å². The average molecular weight is 359 g/mol. The first-order valence-electron chi connectivity index (χ1n) is 8.93. The zero-order valence-electron chi connectivity index (χ0n) is 15.4. The SMILES string of the molecule is CCCCC.Cc1cc(N)c2c(c1)C(=O)N(C1CCC(=O)NC1=O)C2=O. The highest BCUT2D eigenvalue weighted by molar-refractivity contribution is 6.25. The molecular weight excluding hydrogens is 334 g/mol. The number of nitrogens with two attached hydrogens (primary N) is 1. The number of carbonyl (C=O) groups is 4. The summed E-state index contributed by atoms with van der Waals surface area (Å²) in [5, 5.41) is 2.14. The molecular formula is C19H25N3O4. The van der Waals surface area contributed by atoms with Crippen molar-refractivity contribution in [2.75, 3.05) is 5.73 Å². The predicted molar refractivity (Wildman–Crippen MR) is 97.5 cm³/mol. The van der Waals surface area contributed by atoms with Crippen LogP contribution in [0.15, 0.2) is 12.1 Å². The molecule has 1 fully saturated rings. The third kappa shape index (κ3) is 3.76. The van der Waals surface area contributed by atoms with Crippen molar-refractivity contribution in [1.82, 2.24) is 10.2 Å². The third-order valence-electron chi connectivity index (χ3n) is 4.42. The van der Waals surface area contributed by atoms with Crippen molar-refractivity contribution in [3.8, 4) is 0 Å². The summed E-state index contributed by atoms with van der Waals surface area (Å²) >= 11 is 0. The lowest BCUT2D eigenvalue weighted by molar-refractivity contribution is -0.136. The number of hydrogen-bond acceptors (Lipinski definition) is 5. The maximum absolute atomic E-state index is 12.4. The van der Waals surface area contributed by atoms with Gasteiger partial charge in [0.15, 0.2) is 0 Å². The van der Waals surface area contributed by atoms with Gasteiger partial charge < -0.3 is 5.73 Å². The predicted octanol–water partition coefficient (Wildman–Crippen LogP) is 2.17. The van der Waals surface area contributed by atoms with Gasteiger partial charge in [0, 0.05) is 12.1 Å². The molecule has 1 aromatic carbocycles. The quantitative estimate of drug-likeness (QED) is 0.635. The van der Waals surface area contributed by atoms with E-state index < -0.39 is 29.7 Å². The van der Waals surface area contributed by atoms with Gasteiger partial charge in [0.2, 0.25) is 11.8 Å². The molecule has 1 atom stereocenters. The van der Waals surface area contributed by atoms with Gasteiger partial charge in [-0.1, -0.05) is 33.1 Å². The standard InChI is InChI=1S/C14H13N3O4.C5H12/c1-6-4-7-11(8(15)5-6)14(21)17(13(7)20)9-2-3-10(18)16-12(9)19;1-3-5-4-2/h4-5,9H,2-3,15H2,1H3,(H,16,18,19);3-5H2,1-2H3. The largest absolute Gasteiger partial charge is 0.398 e. The molecule has 0 aliphatic carbocycles. The highest BCUT2D eigenvalue weighted by Gasteiger charge is 2.45. The van der Waals surface area contributed by atoms with E-state index in [-0.39, 0.29) is 29.7 Å². The van der Waals surface area contributed by atoms with E-state index in [1.54, 1.807) is 19.1 Å². The second kappa shape index (κ2) is 8.12. The lowest BCUT2D eigenvalue weighted by atomic mass is 10.0. The van der Waals surface area contributed by atoms with Crippen molar-refractivity contribution in [1.29, 1.82) is 0 Å². The zero-order valence-corrected chi connectivity index (χ0v) is 15.4. The number of imide groups is 2. The van der Waals surface area contributed by atoms with Crippen LogP contribution in [0.2, 0.25) is 0 Å². The van der Waals surface area contributed by atoms with Crippen LogP contribution in [0, 0.1) is 6.92 Å². The van der Waals surface area contributed by atoms with Gasteiger partial charge in [-0.2, -0.15) is 0 Å². The third-order valence-corrected chi connectivity index (χ3v) is 4.42. The maximum Gasteiger partial charge on any atom is 0.264 e. The summed E-state index contributed by atoms with van der Waals surface area (Å²) in [6, 6.07) is 2.23. The van der Waals surface area contributed by atoms with E-state index in [9.17, 15) is 19.2 Å². The summed E-state index contributed by atoms with van der Waals surface area (Å²) in [5.41, 5.74) is 7.15. The Labute approximate surface area is 152 Å². The van der Waals surface area contributed by atoms with E-state index in [1.807, 2.05) is 0 Å². The summed E-state index contributed by atoms with van der Waals surface area (Å²) in [6.45, 7) is 6.19. The fourth-order valence-corrected chi connectivity index (χ4v) is 3.13. The number of carbonyl (C=O) groups excluding carboxylic acids is 4. The van der Waals surface area contributed by atoms with Crippen molar-refractivity contribution in [2.24, 2.45) is 0 Å². The summed E-state index contributed by atoms with van der Waals surface area (Å²) in [6.07, 6.45) is 4.31. The van der Waals surface area contributed by atoms with Crippen LogP contribution in [0.25, 0.3) is 0 Å². The number of fused-ring (bicyclic) bond motifs is 1. The number of aryl methyl sites for hydroxylation is 1. The van der Waals surface area contributed by atoms with Crippen molar-refractivity contribution < 1.29 is 19.2 Å². The van der Waals surface area contributed by atoms with E-state index in [2.05, 4.69) is 19.2 Å². The molecule has 0 bridgehead atoms. The monoisotopic (exact) mass is 359 g/mol. The highest BCUT2D eigenvalue weighted by atomic mass is 16.2. The average Bonchev–Trinajstić information content (AvgIpc) is 2.81. The number of nitrogens with one attached hydrogen (secondary N) is 1. The van der Waals surface area contributed by atoms with Gasteiger partial charge in [0.25, 0.3) is 11.8 Å². The van der Waals surface area contributed by atoms with Gasteiger partial charge in [0.1, 0.15) is 6.04 Å². The molecule has 4 amide bonds. The first-order valence-corrected chi connectivity index (χ1v) is 8.93. The molecule has 3 rings (SSSR count). The first kappa shape index (κ1) is 19.6. The molecule has 2 heterocycles. The lowest BCUT2D eigenvalue weighted by Crippen LogP contribution is -2.54. The number of rotatable bonds is 3. The van der Waals surface area contributed by atoms with Crippen LogP contribution in [0.1, 0.15) is 72.2 Å². The normalized spacial score (nSPS) is 19.0. The number of benzene rings is 1. The molecule has 0 radical (unpaired) electrons. The van der Waals surface area contributed by atoms with Gasteiger partial charge in [-0.3, -0.25) is 29.4 Å². The van der Waals surface area contributed by atoms with Crippen molar-refractivity contribution >= 4 is 29.3 Å². The Bertz CT molecular complexity index is 755. The molecule has 140 valence electrons. The van der Waals surface area contributed by atoms with E-state index >= 15 is 0 Å². The van der Waals surface area contributed by atoms with Gasteiger partial charge >= 0.3 is 0 Å². The van der Waals surface area contributed by atoms with Gasteiger partial charge in [-0.25, -0.2) is 0 Å². The molecule has 1 unspecified atom stereocenters. The minimum Gasteiger partial charge on any atom is -0.398 e. The van der Waals surface area contributed by atoms with Crippen LogP contribution in [-0.4, -0.2) is 34.6 Å². The number of anilines is 1. The van der Waals surface area contributed by atoms with Crippen molar-refractivity contribution in [3.05, 3.63) is 28.8 Å². The molecule has 7 nitrogen and oxygen atoms in total. The van der Waals surface area contributed by atoms with Crippen molar-refractivity contribution in [3.63, 3.8) is 0 Å². The Morgan fingerprint density at radius 2 is 1.77 bits per heavy atom. The summed E-state index contributed by atoms with van der Waals surface area (Å²) in [4.78, 5) is 48.8. The molecule has 2 aliphatic heterocycles. The zero-order chi connectivity index (χ0) is 19.4. The Morgan fingerprint density at radius 3 is 2.31 bits per heavy atom. The smallest absolute Gasteiger partial charge is 0.264 e. The van der Waals surface area contributed by atoms with Crippen LogP contribution < -0.4 is 11.1 Å². The van der Waals surface area contributed by atoms with E-state index in [4.69, 9.17) is 5.73 Å². The fourth-order valence-electron chi connectivity index (χ4n) is 3.13. The Morgan fingerprint density at radius 1 is 1.12 bits per heavy atom. The van der Waals surface area contributed by atoms with E-state index in [1.165, 1.54) is 19.3 Å². The minimum absolute atomic E-state index is 0.0956. The second-order valence-corrected chi connectivity index (χ2v) is 6.58. The molecule has 1 saturated heterocycles. The molecule has 0 aromatic heterocycles. The molecule has 0 saturated carbocycles. The van der Waals surface area contributed by atoms with Crippen LogP contribution >= 0.6 is 0 Å². The minimum atomic E-state index is -0.963. The number of amides is 4. The molecule has 3 N–H and O–H groups in total. The fraction of sp³-hybridized carbons (Fsp3) is 0.474. The Hall–Kier alpha value is -2.70. The first-order chi connectivity index (χ1) is 12.3. The number of piperidine rings is 1. The van der Waals surface area contributed by atoms with E-state index in [0.29, 0.717) is 0 Å². The second-order valence-electron chi connectivity index (χ2n) is 6.58. The van der Waals surface area contributed by atoms with Crippen molar-refractivity contribution in [2.45, 2.75) is 58.9 Å². The molecule has 2 aliphatic rings. The Balaban J connectivity index is 0.000000431. The number of hydrogen-bond donors (Lipinski definition) is 2. The molecule has 7 heteroatoms. The highest BCUT2D eigenvalue weighted by Crippen LogP contribution is 2.31. The van der Waals surface area contributed by atoms with Crippen LogP contribution in [-0.2, 0) is 9.59 Å². The van der Waals surface area contributed by atoms with Crippen LogP contribution in [0.5, 0.6) is 0 Å². The Kier molecular flexibility index (Phi) is 6.13.